The Bertz CT molecular complexity index is 1060. The van der Waals surface area contributed by atoms with Gasteiger partial charge in [-0.15, -0.1) is 0 Å². The van der Waals surface area contributed by atoms with E-state index in [1.807, 2.05) is 45.0 Å². The number of carboxylic acid groups (broad SMARTS) is 1. The minimum absolute atomic E-state index is 0.0587. The van der Waals surface area contributed by atoms with Crippen LogP contribution in [0.15, 0.2) is 48.5 Å². The zero-order valence-corrected chi connectivity index (χ0v) is 20.6. The Hall–Kier alpha value is -3.35. The van der Waals surface area contributed by atoms with E-state index >= 15 is 0 Å². The zero-order valence-electron chi connectivity index (χ0n) is 20.6. The smallest absolute Gasteiger partial charge is 0.408 e. The Balaban J connectivity index is 1.45. The summed E-state index contributed by atoms with van der Waals surface area (Å²) in [6.45, 7) is 6.17. The molecule has 2 aromatic rings. The van der Waals surface area contributed by atoms with Crippen molar-refractivity contribution in [3.63, 3.8) is 0 Å². The highest BCUT2D eigenvalue weighted by Gasteiger charge is 2.43. The molecule has 4 rings (SSSR count). The third-order valence-electron chi connectivity index (χ3n) is 7.79. The van der Waals surface area contributed by atoms with Gasteiger partial charge in [0.15, 0.2) is 0 Å². The number of ether oxygens (including phenoxy) is 1. The van der Waals surface area contributed by atoms with Gasteiger partial charge in [-0.3, -0.25) is 9.59 Å². The minimum atomic E-state index is -1.09. The van der Waals surface area contributed by atoms with E-state index in [0.717, 1.165) is 22.3 Å². The van der Waals surface area contributed by atoms with Crippen molar-refractivity contribution in [2.75, 3.05) is 13.2 Å². The highest BCUT2D eigenvalue weighted by atomic mass is 16.5. The molecule has 0 saturated carbocycles. The maximum absolute atomic E-state index is 13.6. The standard InChI is InChI=1S/C28H34N2O5/c1-4-28(5-2,26(33)30-15-14-19(25(31)32)16-18(30)3)29-27(34)35-17-24-22-12-8-6-10-20(22)21-11-7-9-13-23(21)24/h6-13,18-19,24H,4-5,14-17H2,1-3H3,(H,29,34)(H,31,32). The number of rotatable bonds is 7. The maximum Gasteiger partial charge on any atom is 0.408 e. The molecule has 1 aliphatic heterocycles. The van der Waals surface area contributed by atoms with E-state index in [1.54, 1.807) is 4.90 Å². The average Bonchev–Trinajstić information content (AvgIpc) is 3.19. The number of nitrogens with zero attached hydrogens (tertiary/aromatic N) is 1. The minimum Gasteiger partial charge on any atom is -0.481 e. The number of nitrogens with one attached hydrogen (secondary N) is 1. The maximum atomic E-state index is 13.6. The van der Waals surface area contributed by atoms with Crippen LogP contribution < -0.4 is 5.32 Å². The third kappa shape index (κ3) is 4.64. The summed E-state index contributed by atoms with van der Waals surface area (Å²) in [5, 5.41) is 12.2. The fraction of sp³-hybridized carbons (Fsp3) is 0.464. The summed E-state index contributed by atoms with van der Waals surface area (Å²) in [6, 6.07) is 16.1. The molecule has 2 atom stereocenters. The van der Waals surface area contributed by atoms with Crippen LogP contribution in [0.4, 0.5) is 4.79 Å². The first kappa shape index (κ1) is 24.8. The first-order chi connectivity index (χ1) is 16.8. The van der Waals surface area contributed by atoms with Crippen molar-refractivity contribution in [1.29, 1.82) is 0 Å². The van der Waals surface area contributed by atoms with E-state index in [1.165, 1.54) is 0 Å². The fourth-order valence-corrected chi connectivity index (χ4v) is 5.59. The van der Waals surface area contributed by atoms with Crippen LogP contribution in [0.1, 0.15) is 63.5 Å². The van der Waals surface area contributed by atoms with Gasteiger partial charge in [0.05, 0.1) is 5.92 Å². The summed E-state index contributed by atoms with van der Waals surface area (Å²) in [6.07, 6.45) is 1.04. The van der Waals surface area contributed by atoms with Crippen molar-refractivity contribution in [1.82, 2.24) is 10.2 Å². The van der Waals surface area contributed by atoms with E-state index in [-0.39, 0.29) is 24.5 Å². The van der Waals surface area contributed by atoms with Crippen LogP contribution in [0, 0.1) is 5.92 Å². The van der Waals surface area contributed by atoms with Gasteiger partial charge in [0.1, 0.15) is 12.1 Å². The lowest BCUT2D eigenvalue weighted by Crippen LogP contribution is -2.62. The first-order valence-electron chi connectivity index (χ1n) is 12.5. The second-order valence-corrected chi connectivity index (χ2v) is 9.65. The van der Waals surface area contributed by atoms with Crippen LogP contribution in [0.3, 0.4) is 0 Å². The van der Waals surface area contributed by atoms with Crippen molar-refractivity contribution < 1.29 is 24.2 Å². The number of amides is 2. The Morgan fingerprint density at radius 2 is 1.60 bits per heavy atom. The normalized spacial score (nSPS) is 19.6. The molecule has 2 aliphatic rings. The summed E-state index contributed by atoms with van der Waals surface area (Å²) in [4.78, 5) is 39.7. The van der Waals surface area contributed by atoms with Crippen LogP contribution in [0.25, 0.3) is 11.1 Å². The van der Waals surface area contributed by atoms with Crippen molar-refractivity contribution in [2.24, 2.45) is 5.92 Å². The summed E-state index contributed by atoms with van der Waals surface area (Å²) in [7, 11) is 0. The third-order valence-corrected chi connectivity index (χ3v) is 7.79. The van der Waals surface area contributed by atoms with Gasteiger partial charge in [0, 0.05) is 18.5 Å². The molecule has 2 amide bonds. The summed E-state index contributed by atoms with van der Waals surface area (Å²) in [5.41, 5.74) is 3.48. The number of fused-ring (bicyclic) bond motifs is 3. The highest BCUT2D eigenvalue weighted by molar-refractivity contribution is 5.90. The van der Waals surface area contributed by atoms with E-state index in [0.29, 0.717) is 32.2 Å². The summed E-state index contributed by atoms with van der Waals surface area (Å²) >= 11 is 0. The SMILES string of the molecule is CCC(CC)(NC(=O)OCC1c2ccccc2-c2ccccc21)C(=O)N1CCC(C(=O)O)CC1C. The fourth-order valence-electron chi connectivity index (χ4n) is 5.59. The molecule has 1 fully saturated rings. The van der Waals surface area contributed by atoms with Gasteiger partial charge < -0.3 is 20.1 Å². The number of aliphatic carboxylic acids is 1. The van der Waals surface area contributed by atoms with E-state index in [4.69, 9.17) is 4.74 Å². The molecule has 2 aromatic carbocycles. The molecule has 2 unspecified atom stereocenters. The van der Waals surface area contributed by atoms with Crippen molar-refractivity contribution in [2.45, 2.75) is 64.0 Å². The average molecular weight is 479 g/mol. The van der Waals surface area contributed by atoms with Gasteiger partial charge in [-0.1, -0.05) is 62.4 Å². The van der Waals surface area contributed by atoms with Gasteiger partial charge in [0.2, 0.25) is 5.91 Å². The lowest BCUT2D eigenvalue weighted by atomic mass is 9.86. The molecule has 35 heavy (non-hydrogen) atoms. The number of carbonyl (C=O) groups is 3. The highest BCUT2D eigenvalue weighted by Crippen LogP contribution is 2.44. The number of likely N-dealkylation sites (tertiary alicyclic amines) is 1. The topological polar surface area (TPSA) is 95.9 Å². The molecular weight excluding hydrogens is 444 g/mol. The number of alkyl carbamates (subject to hydrolysis) is 1. The predicted molar refractivity (Wildman–Crippen MR) is 133 cm³/mol. The molecule has 7 heteroatoms. The van der Waals surface area contributed by atoms with Gasteiger partial charge in [-0.05, 0) is 54.9 Å². The molecule has 7 nitrogen and oxygen atoms in total. The van der Waals surface area contributed by atoms with Gasteiger partial charge >= 0.3 is 12.1 Å². The Kier molecular flexibility index (Phi) is 7.15. The zero-order chi connectivity index (χ0) is 25.2. The largest absolute Gasteiger partial charge is 0.481 e. The van der Waals surface area contributed by atoms with Crippen molar-refractivity contribution >= 4 is 18.0 Å². The molecule has 1 heterocycles. The molecule has 0 aromatic heterocycles. The number of piperidine rings is 1. The first-order valence-corrected chi connectivity index (χ1v) is 12.5. The second kappa shape index (κ2) is 10.1. The number of benzene rings is 2. The van der Waals surface area contributed by atoms with Crippen LogP contribution in [0.5, 0.6) is 0 Å². The number of carboxylic acids is 1. The lowest BCUT2D eigenvalue weighted by Gasteiger charge is -2.42. The molecule has 1 saturated heterocycles. The monoisotopic (exact) mass is 478 g/mol. The van der Waals surface area contributed by atoms with Crippen LogP contribution in [-0.4, -0.2) is 52.7 Å². The molecule has 186 valence electrons. The Morgan fingerprint density at radius 3 is 2.11 bits per heavy atom. The van der Waals surface area contributed by atoms with Crippen LogP contribution in [0.2, 0.25) is 0 Å². The predicted octanol–water partition coefficient (Wildman–Crippen LogP) is 4.80. The van der Waals surface area contributed by atoms with Crippen LogP contribution in [-0.2, 0) is 14.3 Å². The number of hydrogen-bond donors (Lipinski definition) is 2. The van der Waals surface area contributed by atoms with Crippen molar-refractivity contribution in [3.05, 3.63) is 59.7 Å². The van der Waals surface area contributed by atoms with E-state index in [9.17, 15) is 19.5 Å². The Morgan fingerprint density at radius 1 is 1.03 bits per heavy atom. The van der Waals surface area contributed by atoms with Crippen LogP contribution >= 0.6 is 0 Å². The molecule has 0 spiro atoms. The number of carbonyl (C=O) groups excluding carboxylic acids is 2. The lowest BCUT2D eigenvalue weighted by molar-refractivity contribution is -0.150. The number of hydrogen-bond acceptors (Lipinski definition) is 4. The molecule has 2 N–H and O–H groups in total. The summed E-state index contributed by atoms with van der Waals surface area (Å²) in [5.74, 6) is -1.50. The van der Waals surface area contributed by atoms with Gasteiger partial charge in [-0.2, -0.15) is 0 Å². The summed E-state index contributed by atoms with van der Waals surface area (Å²) < 4.78 is 5.71. The molecular formula is C28H34N2O5. The molecule has 0 bridgehead atoms. The molecule has 0 radical (unpaired) electrons. The van der Waals surface area contributed by atoms with Gasteiger partial charge in [-0.25, -0.2) is 4.79 Å². The second-order valence-electron chi connectivity index (χ2n) is 9.65. The molecule has 1 aliphatic carbocycles. The van der Waals surface area contributed by atoms with E-state index in [2.05, 4.69) is 29.6 Å². The van der Waals surface area contributed by atoms with E-state index < -0.39 is 23.5 Å². The van der Waals surface area contributed by atoms with Gasteiger partial charge in [0.25, 0.3) is 0 Å². The van der Waals surface area contributed by atoms with Crippen molar-refractivity contribution in [3.8, 4) is 11.1 Å². The Labute approximate surface area is 206 Å². The quantitative estimate of drug-likeness (QED) is 0.596.